The molecule has 0 bridgehead atoms. The summed E-state index contributed by atoms with van der Waals surface area (Å²) in [7, 11) is -3.80. The molecule has 45 heavy (non-hydrogen) atoms. The van der Waals surface area contributed by atoms with Crippen LogP contribution in [0.4, 0.5) is 13.2 Å². The van der Waals surface area contributed by atoms with Gasteiger partial charge in [0.1, 0.15) is 5.82 Å². The van der Waals surface area contributed by atoms with Crippen LogP contribution in [0.15, 0.2) is 71.6 Å². The van der Waals surface area contributed by atoms with Gasteiger partial charge in [0.2, 0.25) is 10.0 Å². The van der Waals surface area contributed by atoms with Crippen molar-refractivity contribution in [2.75, 3.05) is 26.3 Å². The Bertz CT molecular complexity index is 1580. The maximum atomic E-state index is 15.3. The van der Waals surface area contributed by atoms with Gasteiger partial charge in [-0.15, -0.1) is 0 Å². The first kappa shape index (κ1) is 33.3. The highest BCUT2D eigenvalue weighted by atomic mass is 32.2. The zero-order valence-electron chi connectivity index (χ0n) is 25.3. The molecule has 2 heterocycles. The summed E-state index contributed by atoms with van der Waals surface area (Å²) in [5.74, 6) is -3.46. The Morgan fingerprint density at radius 1 is 0.978 bits per heavy atom. The van der Waals surface area contributed by atoms with Gasteiger partial charge in [-0.05, 0) is 85.5 Å². The number of carbonyl (C=O) groups excluding carboxylic acids is 1. The van der Waals surface area contributed by atoms with Crippen molar-refractivity contribution < 1.29 is 31.1 Å². The second kappa shape index (κ2) is 14.6. The van der Waals surface area contributed by atoms with Gasteiger partial charge in [0.05, 0.1) is 10.9 Å². The Labute approximate surface area is 263 Å². The first-order valence-corrected chi connectivity index (χ1v) is 16.9. The van der Waals surface area contributed by atoms with Crippen LogP contribution in [0.25, 0.3) is 0 Å². The van der Waals surface area contributed by atoms with Crippen molar-refractivity contribution in [3.05, 3.63) is 101 Å². The molecule has 242 valence electrons. The van der Waals surface area contributed by atoms with E-state index in [0.717, 1.165) is 12.1 Å². The molecule has 0 aliphatic carbocycles. The summed E-state index contributed by atoms with van der Waals surface area (Å²) in [6, 6.07) is 14.6. The van der Waals surface area contributed by atoms with Crippen molar-refractivity contribution in [3.8, 4) is 0 Å². The fraction of sp³-hybridized carbons (Fsp3) is 0.441. The summed E-state index contributed by atoms with van der Waals surface area (Å²) < 4.78 is 77.7. The van der Waals surface area contributed by atoms with Crippen LogP contribution >= 0.6 is 0 Å². The second-order valence-corrected chi connectivity index (χ2v) is 13.9. The summed E-state index contributed by atoms with van der Waals surface area (Å²) in [4.78, 5) is 13.9. The van der Waals surface area contributed by atoms with Crippen molar-refractivity contribution in [2.45, 2.75) is 68.0 Å². The molecule has 0 saturated carbocycles. The number of sulfonamides is 1. The average Bonchev–Trinajstić information content (AvgIpc) is 3.03. The third kappa shape index (κ3) is 7.49. The number of nitrogens with one attached hydrogen (secondary N) is 1. The molecule has 11 heteroatoms. The van der Waals surface area contributed by atoms with Gasteiger partial charge >= 0.3 is 0 Å². The Morgan fingerprint density at radius 3 is 2.42 bits per heavy atom. The maximum absolute atomic E-state index is 15.3. The largest absolute Gasteiger partial charge is 0.381 e. The monoisotopic (exact) mass is 643 g/mol. The highest BCUT2D eigenvalue weighted by molar-refractivity contribution is 7.89. The molecular weight excluding hydrogens is 603 g/mol. The summed E-state index contributed by atoms with van der Waals surface area (Å²) in [6.07, 6.45) is 1.62. The number of halogens is 3. The second-order valence-electron chi connectivity index (χ2n) is 12.0. The highest BCUT2D eigenvalue weighted by Gasteiger charge is 2.38. The average molecular weight is 644 g/mol. The van der Waals surface area contributed by atoms with Gasteiger partial charge in [-0.3, -0.25) is 4.79 Å². The van der Waals surface area contributed by atoms with Crippen LogP contribution in [0.3, 0.4) is 0 Å². The van der Waals surface area contributed by atoms with E-state index in [1.807, 2.05) is 6.92 Å². The van der Waals surface area contributed by atoms with E-state index in [1.54, 1.807) is 36.4 Å². The molecule has 2 fully saturated rings. The fourth-order valence-electron chi connectivity index (χ4n) is 6.81. The number of nitrogens with two attached hydrogens (primary N) is 1. The molecule has 0 spiro atoms. The van der Waals surface area contributed by atoms with Crippen molar-refractivity contribution in [2.24, 2.45) is 11.7 Å². The van der Waals surface area contributed by atoms with Crippen LogP contribution in [0.1, 0.15) is 48.8 Å². The topological polar surface area (TPSA) is 102 Å². The van der Waals surface area contributed by atoms with E-state index in [9.17, 15) is 22.0 Å². The normalized spacial score (nSPS) is 21.4. The highest BCUT2D eigenvalue weighted by Crippen LogP contribution is 2.36. The molecule has 0 radical (unpaired) electrons. The Morgan fingerprint density at radius 2 is 1.71 bits per heavy atom. The lowest BCUT2D eigenvalue weighted by Gasteiger charge is -2.40. The van der Waals surface area contributed by atoms with E-state index in [1.165, 1.54) is 22.5 Å². The molecule has 4 atom stereocenters. The zero-order chi connectivity index (χ0) is 32.1. The Hall–Kier alpha value is -3.09. The van der Waals surface area contributed by atoms with Crippen LogP contribution in [-0.4, -0.2) is 62.9 Å². The third-order valence-electron chi connectivity index (χ3n) is 9.10. The van der Waals surface area contributed by atoms with Crippen molar-refractivity contribution in [3.63, 3.8) is 0 Å². The van der Waals surface area contributed by atoms with Crippen LogP contribution in [0.5, 0.6) is 0 Å². The van der Waals surface area contributed by atoms with Crippen molar-refractivity contribution >= 4 is 15.8 Å². The Balaban J connectivity index is 1.36. The standard InChI is InChI=1S/C34H40F3N3O4S/c1-22-20-39-21-26(40(22)45(42,43)27-7-3-2-4-8-27)11-12-28-24(6-5-9-29(28)35)19-32(41)34(38)33(23-14-16-44-17-15-23)25-10-13-30(36)31(37)18-25/h2-10,13,18,22-23,26,33-34,39H,11-12,14-17,19-21,38H2,1H3/t22-,26-,33+,34+/m0/s1. The lowest BCUT2D eigenvalue weighted by molar-refractivity contribution is -0.120. The van der Waals surface area contributed by atoms with Crippen LogP contribution in [0.2, 0.25) is 0 Å². The number of hydrogen-bond donors (Lipinski definition) is 2. The maximum Gasteiger partial charge on any atom is 0.243 e. The lowest BCUT2D eigenvalue weighted by Crippen LogP contribution is -2.58. The molecule has 3 aromatic rings. The predicted molar refractivity (Wildman–Crippen MR) is 166 cm³/mol. The minimum Gasteiger partial charge on any atom is -0.381 e. The molecule has 3 N–H and O–H groups in total. The zero-order valence-corrected chi connectivity index (χ0v) is 26.1. The Kier molecular flexibility index (Phi) is 10.8. The quantitative estimate of drug-likeness (QED) is 0.313. The molecule has 3 aromatic carbocycles. The SMILES string of the molecule is C[C@H]1CNC[C@H](CCc2c(F)cccc2CC(=O)[C@@H](N)[C@@H](c2ccc(F)c(F)c2)C2CCOCC2)N1S(=O)(=O)c1ccccc1. The van der Waals surface area contributed by atoms with Gasteiger partial charge in [-0.25, -0.2) is 21.6 Å². The number of Topliss-reactive ketones (excluding diaryl/α,β-unsaturated/α-hetero) is 1. The van der Waals surface area contributed by atoms with E-state index >= 15 is 4.39 Å². The number of carbonyl (C=O) groups is 1. The van der Waals surface area contributed by atoms with Gasteiger partial charge < -0.3 is 15.8 Å². The molecule has 0 aromatic heterocycles. The van der Waals surface area contributed by atoms with E-state index < -0.39 is 45.5 Å². The first-order chi connectivity index (χ1) is 21.6. The summed E-state index contributed by atoms with van der Waals surface area (Å²) >= 11 is 0. The van der Waals surface area contributed by atoms with Gasteiger partial charge in [-0.2, -0.15) is 4.31 Å². The van der Waals surface area contributed by atoms with Gasteiger partial charge in [-0.1, -0.05) is 36.4 Å². The van der Waals surface area contributed by atoms with E-state index in [0.29, 0.717) is 62.3 Å². The van der Waals surface area contributed by atoms with E-state index in [2.05, 4.69) is 5.32 Å². The van der Waals surface area contributed by atoms with Crippen LogP contribution in [0, 0.1) is 23.4 Å². The molecule has 2 saturated heterocycles. The van der Waals surface area contributed by atoms with Crippen molar-refractivity contribution in [1.29, 1.82) is 0 Å². The van der Waals surface area contributed by atoms with Gasteiger partial charge in [0.15, 0.2) is 17.4 Å². The molecule has 2 aliphatic rings. The number of ether oxygens (including phenoxy) is 1. The van der Waals surface area contributed by atoms with E-state index in [-0.39, 0.29) is 35.5 Å². The van der Waals surface area contributed by atoms with Crippen molar-refractivity contribution in [1.82, 2.24) is 9.62 Å². The predicted octanol–water partition coefficient (Wildman–Crippen LogP) is 4.74. The number of nitrogens with zero attached hydrogens (tertiary/aromatic N) is 1. The minimum atomic E-state index is -3.80. The number of piperazine rings is 1. The van der Waals surface area contributed by atoms with Gasteiger partial charge in [0, 0.05) is 50.7 Å². The molecule has 0 amide bonds. The van der Waals surface area contributed by atoms with Gasteiger partial charge in [0.25, 0.3) is 0 Å². The minimum absolute atomic E-state index is 0.0760. The molecule has 0 unspecified atom stereocenters. The molecule has 2 aliphatic heterocycles. The smallest absolute Gasteiger partial charge is 0.243 e. The number of hydrogen-bond acceptors (Lipinski definition) is 6. The fourth-order valence-corrected chi connectivity index (χ4v) is 8.67. The van der Waals surface area contributed by atoms with E-state index in [4.69, 9.17) is 10.5 Å². The number of ketones is 1. The van der Waals surface area contributed by atoms with Crippen LogP contribution < -0.4 is 11.1 Å². The summed E-state index contributed by atoms with van der Waals surface area (Å²) in [5, 5.41) is 3.29. The lowest BCUT2D eigenvalue weighted by atomic mass is 9.75. The molecule has 7 nitrogen and oxygen atoms in total. The summed E-state index contributed by atoms with van der Waals surface area (Å²) in [6.45, 7) is 3.70. The summed E-state index contributed by atoms with van der Waals surface area (Å²) in [5.41, 5.74) is 7.85. The number of rotatable bonds is 11. The van der Waals surface area contributed by atoms with Crippen LogP contribution in [-0.2, 0) is 32.4 Å². The third-order valence-corrected chi connectivity index (χ3v) is 11.2. The molecular formula is C34H40F3N3O4S. The molecule has 5 rings (SSSR count). The number of benzene rings is 3. The first-order valence-electron chi connectivity index (χ1n) is 15.4.